The molecule has 6 heteroatoms. The summed E-state index contributed by atoms with van der Waals surface area (Å²) in [7, 11) is 0. The first-order chi connectivity index (χ1) is 15.5. The van der Waals surface area contributed by atoms with Crippen LogP contribution in [-0.4, -0.2) is 17.7 Å². The fourth-order valence-electron chi connectivity index (χ4n) is 6.04. The molecule has 5 nitrogen and oxygen atoms in total. The van der Waals surface area contributed by atoms with E-state index in [0.717, 1.165) is 46.8 Å². The summed E-state index contributed by atoms with van der Waals surface area (Å²) in [6.07, 6.45) is 5.36. The van der Waals surface area contributed by atoms with Gasteiger partial charge in [-0.25, -0.2) is 0 Å². The molecule has 168 valence electrons. The lowest BCUT2D eigenvalue weighted by Gasteiger charge is -2.59. The summed E-state index contributed by atoms with van der Waals surface area (Å²) in [5.74, 6) is 1.33. The van der Waals surface area contributed by atoms with Crippen molar-refractivity contribution in [2.24, 2.45) is 23.7 Å². The lowest BCUT2D eigenvalue weighted by Crippen LogP contribution is -2.63. The zero-order valence-electron chi connectivity index (χ0n) is 17.9. The van der Waals surface area contributed by atoms with Crippen LogP contribution in [0, 0.1) is 27.2 Å². The van der Waals surface area contributed by atoms with Gasteiger partial charge in [0.2, 0.25) is 0 Å². The van der Waals surface area contributed by atoms with E-state index in [1.165, 1.54) is 12.0 Å². The molecule has 4 aliphatic carbocycles. The zero-order valence-corrected chi connectivity index (χ0v) is 20.0. The number of carbonyl (C=O) groups is 2. The van der Waals surface area contributed by atoms with Gasteiger partial charge in [0.25, 0.3) is 5.79 Å². The average Bonchev–Trinajstić information content (AvgIpc) is 2.77. The van der Waals surface area contributed by atoms with Gasteiger partial charge >= 0.3 is 11.9 Å². The van der Waals surface area contributed by atoms with E-state index in [-0.39, 0.29) is 18.3 Å². The van der Waals surface area contributed by atoms with Crippen LogP contribution in [-0.2, 0) is 25.7 Å². The molecule has 0 unspecified atom stereocenters. The molecule has 4 bridgehead atoms. The van der Waals surface area contributed by atoms with Crippen molar-refractivity contribution in [3.8, 4) is 5.75 Å². The molecule has 2 aromatic rings. The van der Waals surface area contributed by atoms with E-state index in [0.29, 0.717) is 6.61 Å². The lowest BCUT2D eigenvalue weighted by molar-refractivity contribution is -0.319. The molecule has 0 aromatic heterocycles. The van der Waals surface area contributed by atoms with Gasteiger partial charge in [0.1, 0.15) is 18.8 Å². The Hall–Kier alpha value is -2.09. The Balaban J connectivity index is 0.000000136. The van der Waals surface area contributed by atoms with E-state index in [1.807, 2.05) is 42.5 Å². The molecule has 0 N–H and O–H groups in total. The number of hydrogen-bond acceptors (Lipinski definition) is 5. The number of ether oxygens (including phenoxy) is 3. The predicted molar refractivity (Wildman–Crippen MR) is 127 cm³/mol. The Morgan fingerprint density at radius 1 is 0.812 bits per heavy atom. The van der Waals surface area contributed by atoms with Crippen LogP contribution in [0.3, 0.4) is 0 Å². The summed E-state index contributed by atoms with van der Waals surface area (Å²) in [6, 6.07) is 18.2. The Bertz CT molecular complexity index is 943. The minimum atomic E-state index is -0.875. The van der Waals surface area contributed by atoms with Gasteiger partial charge in [0.15, 0.2) is 0 Å². The second-order valence-corrected chi connectivity index (χ2v) is 10.5. The number of esters is 2. The Kier molecular flexibility index (Phi) is 6.14. The maximum absolute atomic E-state index is 11.5. The van der Waals surface area contributed by atoms with Crippen LogP contribution in [0.15, 0.2) is 54.6 Å². The van der Waals surface area contributed by atoms with Gasteiger partial charge in [0, 0.05) is 11.8 Å². The van der Waals surface area contributed by atoms with Crippen molar-refractivity contribution in [1.29, 1.82) is 0 Å². The van der Waals surface area contributed by atoms with Crippen molar-refractivity contribution < 1.29 is 23.8 Å². The monoisotopic (exact) mass is 546 g/mol. The molecule has 1 saturated heterocycles. The normalized spacial score (nSPS) is 29.0. The first-order valence-corrected chi connectivity index (χ1v) is 12.4. The summed E-state index contributed by atoms with van der Waals surface area (Å²) in [5.41, 5.74) is 1.19. The Morgan fingerprint density at radius 2 is 1.38 bits per heavy atom. The summed E-state index contributed by atoms with van der Waals surface area (Å²) < 4.78 is 17.9. The van der Waals surface area contributed by atoms with Crippen LogP contribution in [0.25, 0.3) is 0 Å². The largest absolute Gasteiger partial charge is 0.488 e. The highest BCUT2D eigenvalue weighted by molar-refractivity contribution is 14.1. The third kappa shape index (κ3) is 4.38. The molecular formula is C26H27IO5. The van der Waals surface area contributed by atoms with Crippen LogP contribution < -0.4 is 4.74 Å². The van der Waals surface area contributed by atoms with Crippen molar-refractivity contribution in [2.75, 3.05) is 0 Å². The summed E-state index contributed by atoms with van der Waals surface area (Å²) in [6.45, 7) is 0.626. The van der Waals surface area contributed by atoms with Gasteiger partial charge in [-0.1, -0.05) is 42.5 Å². The summed E-state index contributed by atoms with van der Waals surface area (Å²) in [4.78, 5) is 23.1. The molecule has 7 rings (SSSR count). The SMILES string of the molecule is Ic1ccccc1OCc1ccccc1.O=C1CC(=O)OC2(O1)[C@H]1C[C@H]3C[C@H](C1)C[C@H]2C3. The summed E-state index contributed by atoms with van der Waals surface area (Å²) >= 11 is 2.28. The predicted octanol–water partition coefficient (Wildman–Crippen LogP) is 5.50. The van der Waals surface area contributed by atoms with Crippen LogP contribution in [0.1, 0.15) is 44.1 Å². The van der Waals surface area contributed by atoms with E-state index in [1.54, 1.807) is 0 Å². The van der Waals surface area contributed by atoms with Crippen molar-refractivity contribution in [1.82, 2.24) is 0 Å². The zero-order chi connectivity index (χ0) is 22.1. The van der Waals surface area contributed by atoms with E-state index >= 15 is 0 Å². The molecule has 4 saturated carbocycles. The van der Waals surface area contributed by atoms with Crippen molar-refractivity contribution >= 4 is 34.5 Å². The van der Waals surface area contributed by atoms with E-state index in [4.69, 9.17) is 14.2 Å². The third-order valence-electron chi connectivity index (χ3n) is 7.19. The second kappa shape index (κ2) is 9.04. The molecule has 1 aliphatic heterocycles. The Labute approximate surface area is 202 Å². The molecule has 0 radical (unpaired) electrons. The minimum Gasteiger partial charge on any atom is -0.488 e. The second-order valence-electron chi connectivity index (χ2n) is 9.36. The molecular weight excluding hydrogens is 519 g/mol. The van der Waals surface area contributed by atoms with E-state index < -0.39 is 17.7 Å². The topological polar surface area (TPSA) is 61.8 Å². The van der Waals surface area contributed by atoms with Crippen LogP contribution >= 0.6 is 22.6 Å². The number of benzene rings is 2. The van der Waals surface area contributed by atoms with Gasteiger partial charge in [-0.3, -0.25) is 9.59 Å². The molecule has 2 aromatic carbocycles. The third-order valence-corrected chi connectivity index (χ3v) is 8.08. The molecule has 0 amide bonds. The molecule has 5 fully saturated rings. The number of carbonyl (C=O) groups excluding carboxylic acids is 2. The van der Waals surface area contributed by atoms with Gasteiger partial charge in [-0.15, -0.1) is 0 Å². The highest BCUT2D eigenvalue weighted by Gasteiger charge is 2.63. The van der Waals surface area contributed by atoms with Gasteiger partial charge in [-0.05, 0) is 84.2 Å². The van der Waals surface area contributed by atoms with Gasteiger partial charge in [-0.2, -0.15) is 0 Å². The van der Waals surface area contributed by atoms with E-state index in [2.05, 4.69) is 34.7 Å². The molecule has 1 heterocycles. The number of para-hydroxylation sites is 1. The number of halogens is 1. The first-order valence-electron chi connectivity index (χ1n) is 11.4. The van der Waals surface area contributed by atoms with Gasteiger partial charge < -0.3 is 14.2 Å². The maximum Gasteiger partial charge on any atom is 0.320 e. The Morgan fingerprint density at radius 3 is 1.97 bits per heavy atom. The summed E-state index contributed by atoms with van der Waals surface area (Å²) in [5, 5.41) is 0. The smallest absolute Gasteiger partial charge is 0.320 e. The van der Waals surface area contributed by atoms with Crippen molar-refractivity contribution in [3.63, 3.8) is 0 Å². The van der Waals surface area contributed by atoms with Gasteiger partial charge in [0.05, 0.1) is 3.57 Å². The van der Waals surface area contributed by atoms with Crippen LogP contribution in [0.2, 0.25) is 0 Å². The first kappa shape index (κ1) is 21.7. The van der Waals surface area contributed by atoms with Crippen molar-refractivity contribution in [2.45, 2.75) is 50.9 Å². The fraction of sp³-hybridized carbons (Fsp3) is 0.462. The number of rotatable bonds is 3. The lowest BCUT2D eigenvalue weighted by atomic mass is 9.53. The van der Waals surface area contributed by atoms with Crippen molar-refractivity contribution in [3.05, 3.63) is 63.7 Å². The highest BCUT2D eigenvalue weighted by Crippen LogP contribution is 2.60. The van der Waals surface area contributed by atoms with Crippen LogP contribution in [0.5, 0.6) is 5.75 Å². The quantitative estimate of drug-likeness (QED) is 0.289. The molecule has 32 heavy (non-hydrogen) atoms. The van der Waals surface area contributed by atoms with E-state index in [9.17, 15) is 9.59 Å². The number of hydrogen-bond donors (Lipinski definition) is 0. The fourth-order valence-corrected chi connectivity index (χ4v) is 6.58. The molecule has 1 spiro atoms. The molecule has 0 atom stereocenters. The standard InChI is InChI=1S/C13H11IO.C13H16O4/c14-12-8-4-5-9-13(12)15-10-11-6-2-1-3-7-11;14-11-6-12(15)17-13(16-11)9-2-7-1-8(4-9)5-10(13)3-7/h1-9H,10H2;7-10H,1-6H2/t;7-,8-,9-,10+. The minimum absolute atomic E-state index is 0.214. The highest BCUT2D eigenvalue weighted by atomic mass is 127. The maximum atomic E-state index is 11.5. The molecule has 5 aliphatic rings. The average molecular weight is 546 g/mol. The van der Waals surface area contributed by atoms with Crippen LogP contribution in [0.4, 0.5) is 0 Å².